The molecule has 2 nitrogen and oxygen atoms in total. The van der Waals surface area contributed by atoms with Gasteiger partial charge in [-0.2, -0.15) is 0 Å². The van der Waals surface area contributed by atoms with Gasteiger partial charge in [-0.05, 0) is 56.8 Å². The Morgan fingerprint density at radius 1 is 1.28 bits per heavy atom. The van der Waals surface area contributed by atoms with Gasteiger partial charge in [-0.3, -0.25) is 0 Å². The van der Waals surface area contributed by atoms with Gasteiger partial charge in [-0.15, -0.1) is 0 Å². The molecule has 1 fully saturated rings. The van der Waals surface area contributed by atoms with Gasteiger partial charge in [0.25, 0.3) is 0 Å². The predicted molar refractivity (Wildman–Crippen MR) is 75.4 cm³/mol. The molecule has 0 amide bonds. The van der Waals surface area contributed by atoms with E-state index in [-0.39, 0.29) is 5.41 Å². The second-order valence-corrected chi connectivity index (χ2v) is 7.25. The maximum absolute atomic E-state index is 10.8. The fourth-order valence-corrected chi connectivity index (χ4v) is 3.52. The fraction of sp³-hybridized carbons (Fsp3) is 0.938. The van der Waals surface area contributed by atoms with Gasteiger partial charge in [-0.1, -0.05) is 26.7 Å². The smallest absolute Gasteiger partial charge is 0.120 e. The van der Waals surface area contributed by atoms with Crippen molar-refractivity contribution in [3.63, 3.8) is 0 Å². The van der Waals surface area contributed by atoms with Crippen LogP contribution in [0.1, 0.15) is 72.6 Å². The molecule has 0 bridgehead atoms. The van der Waals surface area contributed by atoms with Gasteiger partial charge in [0.05, 0.1) is 5.60 Å². The summed E-state index contributed by atoms with van der Waals surface area (Å²) in [6, 6.07) is 0. The zero-order valence-electron chi connectivity index (χ0n) is 12.5. The van der Waals surface area contributed by atoms with Crippen molar-refractivity contribution in [1.29, 1.82) is 0 Å². The first-order chi connectivity index (χ1) is 8.27. The third-order valence-corrected chi connectivity index (χ3v) is 4.93. The predicted octanol–water partition coefficient (Wildman–Crippen LogP) is 3.96. The Morgan fingerprint density at radius 3 is 2.44 bits per heavy atom. The lowest BCUT2D eigenvalue weighted by Gasteiger charge is -2.45. The number of hydrogen-bond donors (Lipinski definition) is 1. The quantitative estimate of drug-likeness (QED) is 0.728. The van der Waals surface area contributed by atoms with Crippen LogP contribution in [-0.2, 0) is 4.79 Å². The minimum absolute atomic E-state index is 0.277. The van der Waals surface area contributed by atoms with Gasteiger partial charge in [0.2, 0.25) is 0 Å². The molecule has 1 aliphatic carbocycles. The van der Waals surface area contributed by atoms with E-state index >= 15 is 0 Å². The molecule has 0 spiro atoms. The fourth-order valence-electron chi connectivity index (χ4n) is 3.52. The van der Waals surface area contributed by atoms with Crippen molar-refractivity contribution < 1.29 is 9.90 Å². The Morgan fingerprint density at radius 2 is 1.89 bits per heavy atom. The summed E-state index contributed by atoms with van der Waals surface area (Å²) < 4.78 is 0. The molecule has 1 N–H and O–H groups in total. The molecule has 2 heteroatoms. The SMILES string of the molecule is CC(C)(O)CCC[C@H]1CCC[C@@H](CC=O)C1(C)C. The number of carbonyl (C=O) groups is 1. The van der Waals surface area contributed by atoms with Gasteiger partial charge >= 0.3 is 0 Å². The molecular formula is C16H30O2. The molecule has 0 aliphatic heterocycles. The summed E-state index contributed by atoms with van der Waals surface area (Å²) >= 11 is 0. The highest BCUT2D eigenvalue weighted by molar-refractivity contribution is 5.50. The zero-order valence-corrected chi connectivity index (χ0v) is 12.5. The Hall–Kier alpha value is -0.370. The van der Waals surface area contributed by atoms with Crippen LogP contribution in [0.2, 0.25) is 0 Å². The number of aliphatic hydroxyl groups is 1. The average Bonchev–Trinajstić information content (AvgIpc) is 2.22. The van der Waals surface area contributed by atoms with E-state index < -0.39 is 5.60 Å². The molecule has 0 heterocycles. The topological polar surface area (TPSA) is 37.3 Å². The maximum atomic E-state index is 10.8. The second-order valence-electron chi connectivity index (χ2n) is 7.25. The number of hydrogen-bond acceptors (Lipinski definition) is 2. The molecule has 0 aromatic rings. The highest BCUT2D eigenvalue weighted by atomic mass is 16.3. The Balaban J connectivity index is 2.51. The van der Waals surface area contributed by atoms with Gasteiger partial charge in [0.15, 0.2) is 0 Å². The van der Waals surface area contributed by atoms with Crippen LogP contribution in [0.4, 0.5) is 0 Å². The highest BCUT2D eigenvalue weighted by Crippen LogP contribution is 2.48. The van der Waals surface area contributed by atoms with Gasteiger partial charge in [0.1, 0.15) is 6.29 Å². The van der Waals surface area contributed by atoms with Gasteiger partial charge in [-0.25, -0.2) is 0 Å². The molecule has 1 rings (SSSR count). The van der Waals surface area contributed by atoms with E-state index in [1.807, 2.05) is 13.8 Å². The second kappa shape index (κ2) is 6.18. The number of rotatable bonds is 6. The van der Waals surface area contributed by atoms with E-state index in [4.69, 9.17) is 0 Å². The van der Waals surface area contributed by atoms with Crippen LogP contribution in [0.25, 0.3) is 0 Å². The normalized spacial score (nSPS) is 28.1. The van der Waals surface area contributed by atoms with Crippen LogP contribution in [-0.4, -0.2) is 17.0 Å². The van der Waals surface area contributed by atoms with Crippen LogP contribution in [0.3, 0.4) is 0 Å². The summed E-state index contributed by atoms with van der Waals surface area (Å²) in [5, 5.41) is 9.77. The van der Waals surface area contributed by atoms with Crippen molar-refractivity contribution in [3.8, 4) is 0 Å². The summed E-state index contributed by atoms with van der Waals surface area (Å²) in [4.78, 5) is 10.8. The third kappa shape index (κ3) is 4.38. The van der Waals surface area contributed by atoms with Crippen LogP contribution in [0, 0.1) is 17.3 Å². The van der Waals surface area contributed by atoms with Crippen LogP contribution < -0.4 is 0 Å². The standard InChI is InChI=1S/C16H30O2/c1-15(2,18)11-6-9-13-7-5-8-14(10-12-17)16(13,3)4/h12-14,18H,5-11H2,1-4H3/t13-,14+/m1/s1. The van der Waals surface area contributed by atoms with E-state index in [0.717, 1.165) is 25.5 Å². The van der Waals surface area contributed by atoms with Crippen LogP contribution in [0.5, 0.6) is 0 Å². The summed E-state index contributed by atoms with van der Waals surface area (Å²) in [5.41, 5.74) is -0.264. The summed E-state index contributed by atoms with van der Waals surface area (Å²) in [6.45, 7) is 8.42. The lowest BCUT2D eigenvalue weighted by molar-refractivity contribution is -0.110. The molecule has 0 aromatic heterocycles. The minimum atomic E-state index is -0.541. The maximum Gasteiger partial charge on any atom is 0.120 e. The molecular weight excluding hydrogens is 224 g/mol. The molecule has 0 aromatic carbocycles. The largest absolute Gasteiger partial charge is 0.390 e. The van der Waals surface area contributed by atoms with Crippen molar-refractivity contribution in [3.05, 3.63) is 0 Å². The summed E-state index contributed by atoms with van der Waals surface area (Å²) in [6.07, 6.45) is 8.70. The monoisotopic (exact) mass is 254 g/mol. The Bertz CT molecular complexity index is 263. The lowest BCUT2D eigenvalue weighted by atomic mass is 9.60. The molecule has 1 aliphatic rings. The number of carbonyl (C=O) groups excluding carboxylic acids is 1. The highest BCUT2D eigenvalue weighted by Gasteiger charge is 2.39. The molecule has 2 atom stereocenters. The molecule has 106 valence electrons. The summed E-state index contributed by atoms with van der Waals surface area (Å²) in [7, 11) is 0. The van der Waals surface area contributed by atoms with E-state index in [2.05, 4.69) is 13.8 Å². The Labute approximate surface area is 112 Å². The lowest BCUT2D eigenvalue weighted by Crippen LogP contribution is -2.37. The molecule has 0 radical (unpaired) electrons. The molecule has 0 unspecified atom stereocenters. The van der Waals surface area contributed by atoms with Gasteiger partial charge in [0, 0.05) is 6.42 Å². The van der Waals surface area contributed by atoms with Crippen LogP contribution >= 0.6 is 0 Å². The first-order valence-corrected chi connectivity index (χ1v) is 7.43. The van der Waals surface area contributed by atoms with E-state index in [1.54, 1.807) is 0 Å². The van der Waals surface area contributed by atoms with Crippen molar-refractivity contribution in [2.45, 2.75) is 78.2 Å². The van der Waals surface area contributed by atoms with Crippen molar-refractivity contribution in [2.75, 3.05) is 0 Å². The van der Waals surface area contributed by atoms with E-state index in [1.165, 1.54) is 25.7 Å². The minimum Gasteiger partial charge on any atom is -0.390 e. The Kier molecular flexibility index (Phi) is 5.39. The zero-order chi connectivity index (χ0) is 13.8. The van der Waals surface area contributed by atoms with Crippen molar-refractivity contribution in [2.24, 2.45) is 17.3 Å². The average molecular weight is 254 g/mol. The molecule has 1 saturated carbocycles. The third-order valence-electron chi connectivity index (χ3n) is 4.93. The first kappa shape index (κ1) is 15.7. The van der Waals surface area contributed by atoms with Crippen LogP contribution in [0.15, 0.2) is 0 Å². The van der Waals surface area contributed by atoms with Crippen molar-refractivity contribution in [1.82, 2.24) is 0 Å². The summed E-state index contributed by atoms with van der Waals surface area (Å²) in [5.74, 6) is 1.26. The number of aldehydes is 1. The molecule has 0 saturated heterocycles. The first-order valence-electron chi connectivity index (χ1n) is 7.43. The van der Waals surface area contributed by atoms with E-state index in [0.29, 0.717) is 11.8 Å². The van der Waals surface area contributed by atoms with E-state index in [9.17, 15) is 9.90 Å². The molecule has 18 heavy (non-hydrogen) atoms. The van der Waals surface area contributed by atoms with Crippen molar-refractivity contribution >= 4 is 6.29 Å². The van der Waals surface area contributed by atoms with Gasteiger partial charge < -0.3 is 9.90 Å².